The number of halogens is 1. The Hall–Kier alpha value is -1.10. The van der Waals surface area contributed by atoms with E-state index in [9.17, 15) is 4.79 Å². The summed E-state index contributed by atoms with van der Waals surface area (Å²) in [5.74, 6) is 0.898. The summed E-state index contributed by atoms with van der Waals surface area (Å²) in [6.07, 6.45) is 5.72. The van der Waals surface area contributed by atoms with Crippen LogP contribution in [0, 0.1) is 24.2 Å². The highest BCUT2D eigenvalue weighted by Gasteiger charge is 2.57. The Morgan fingerprint density at radius 2 is 2.00 bits per heavy atom. The zero-order valence-electron chi connectivity index (χ0n) is 15.6. The molecule has 144 valence electrons. The second-order valence-electron chi connectivity index (χ2n) is 8.22. The van der Waals surface area contributed by atoms with Crippen molar-refractivity contribution in [2.45, 2.75) is 45.1 Å². The molecule has 3 atom stereocenters. The monoisotopic (exact) mass is 378 g/mol. The molecule has 2 saturated heterocycles. The van der Waals surface area contributed by atoms with Gasteiger partial charge >= 0.3 is 0 Å². The van der Waals surface area contributed by atoms with Gasteiger partial charge in [0.2, 0.25) is 5.91 Å². The number of nitrogens with one attached hydrogen (secondary N) is 2. The lowest BCUT2D eigenvalue weighted by Gasteiger charge is -2.32. The molecule has 1 spiro atoms. The minimum atomic E-state index is 0. The second kappa shape index (κ2) is 8.28. The van der Waals surface area contributed by atoms with Crippen molar-refractivity contribution in [3.05, 3.63) is 35.4 Å². The number of piperidine rings is 1. The maximum absolute atomic E-state index is 12.6. The molecule has 1 saturated carbocycles. The summed E-state index contributed by atoms with van der Waals surface area (Å²) in [6.45, 7) is 5.80. The average Bonchev–Trinajstić information content (AvgIpc) is 3.34. The molecule has 1 aromatic carbocycles. The normalized spacial score (nSPS) is 29.7. The van der Waals surface area contributed by atoms with Gasteiger partial charge in [0.05, 0.1) is 6.10 Å². The van der Waals surface area contributed by atoms with Gasteiger partial charge < -0.3 is 15.4 Å². The van der Waals surface area contributed by atoms with Crippen molar-refractivity contribution in [2.75, 3.05) is 26.2 Å². The number of carbonyl (C=O) groups excluding carboxylic acids is 1. The molecule has 4 rings (SSSR count). The maximum Gasteiger partial charge on any atom is 0.223 e. The summed E-state index contributed by atoms with van der Waals surface area (Å²) in [6, 6.07) is 8.64. The van der Waals surface area contributed by atoms with Crippen LogP contribution in [0.15, 0.2) is 24.3 Å². The first-order valence-corrected chi connectivity index (χ1v) is 9.85. The van der Waals surface area contributed by atoms with Crippen LogP contribution in [0.4, 0.5) is 0 Å². The first kappa shape index (κ1) is 19.7. The van der Waals surface area contributed by atoms with Crippen LogP contribution >= 0.6 is 12.4 Å². The minimum absolute atomic E-state index is 0. The van der Waals surface area contributed by atoms with Crippen LogP contribution in [0.5, 0.6) is 0 Å². The Morgan fingerprint density at radius 3 is 2.73 bits per heavy atom. The fourth-order valence-corrected chi connectivity index (χ4v) is 4.73. The zero-order valence-corrected chi connectivity index (χ0v) is 16.4. The summed E-state index contributed by atoms with van der Waals surface area (Å²) in [7, 11) is 0. The van der Waals surface area contributed by atoms with Crippen molar-refractivity contribution in [3.63, 3.8) is 0 Å². The summed E-state index contributed by atoms with van der Waals surface area (Å²) in [5, 5.41) is 6.66. The molecule has 1 aromatic rings. The van der Waals surface area contributed by atoms with Gasteiger partial charge in [-0.15, -0.1) is 12.4 Å². The summed E-state index contributed by atoms with van der Waals surface area (Å²) in [5.41, 5.74) is 2.82. The van der Waals surface area contributed by atoms with E-state index in [-0.39, 0.29) is 30.3 Å². The minimum Gasteiger partial charge on any atom is -0.373 e. The topological polar surface area (TPSA) is 50.4 Å². The first-order valence-electron chi connectivity index (χ1n) is 9.85. The lowest BCUT2D eigenvalue weighted by molar-refractivity contribution is -0.124. The van der Waals surface area contributed by atoms with Crippen molar-refractivity contribution >= 4 is 18.3 Å². The largest absolute Gasteiger partial charge is 0.373 e. The van der Waals surface area contributed by atoms with Gasteiger partial charge in [0.15, 0.2) is 0 Å². The number of carbonyl (C=O) groups is 1. The van der Waals surface area contributed by atoms with E-state index < -0.39 is 0 Å². The molecule has 2 heterocycles. The van der Waals surface area contributed by atoms with Gasteiger partial charge in [-0.2, -0.15) is 0 Å². The summed E-state index contributed by atoms with van der Waals surface area (Å²) < 4.78 is 6.08. The van der Waals surface area contributed by atoms with Crippen LogP contribution < -0.4 is 10.6 Å². The van der Waals surface area contributed by atoms with Crippen LogP contribution in [-0.4, -0.2) is 32.1 Å². The number of hydrogen-bond acceptors (Lipinski definition) is 3. The molecule has 2 aliphatic heterocycles. The van der Waals surface area contributed by atoms with Gasteiger partial charge in [0, 0.05) is 25.0 Å². The van der Waals surface area contributed by atoms with E-state index in [0.717, 1.165) is 58.3 Å². The molecule has 0 aromatic heterocycles. The lowest BCUT2D eigenvalue weighted by atomic mass is 9.88. The molecule has 3 aliphatic rings. The maximum atomic E-state index is 12.6. The molecule has 1 amide bonds. The van der Waals surface area contributed by atoms with Crippen molar-refractivity contribution in [1.82, 2.24) is 10.6 Å². The van der Waals surface area contributed by atoms with Gasteiger partial charge in [-0.05, 0) is 63.1 Å². The van der Waals surface area contributed by atoms with Crippen molar-refractivity contribution in [1.29, 1.82) is 0 Å². The first-order chi connectivity index (χ1) is 12.2. The quantitative estimate of drug-likeness (QED) is 0.844. The van der Waals surface area contributed by atoms with Crippen molar-refractivity contribution in [3.8, 4) is 0 Å². The van der Waals surface area contributed by atoms with Gasteiger partial charge in [-0.25, -0.2) is 0 Å². The zero-order chi connectivity index (χ0) is 17.3. The number of benzene rings is 1. The van der Waals surface area contributed by atoms with Crippen LogP contribution in [0.1, 0.15) is 49.3 Å². The highest BCUT2D eigenvalue weighted by molar-refractivity contribution is 5.85. The smallest absolute Gasteiger partial charge is 0.223 e. The Kier molecular flexibility index (Phi) is 6.26. The van der Waals surface area contributed by atoms with Crippen LogP contribution in [0.2, 0.25) is 0 Å². The lowest BCUT2D eigenvalue weighted by Crippen LogP contribution is -2.38. The molecule has 26 heavy (non-hydrogen) atoms. The van der Waals surface area contributed by atoms with Crippen molar-refractivity contribution in [2.24, 2.45) is 17.3 Å². The molecule has 2 N–H and O–H groups in total. The third kappa shape index (κ3) is 4.08. The van der Waals surface area contributed by atoms with Crippen LogP contribution in [0.25, 0.3) is 0 Å². The molecular formula is C21H31ClN2O2. The summed E-state index contributed by atoms with van der Waals surface area (Å²) >= 11 is 0. The van der Waals surface area contributed by atoms with Gasteiger partial charge in [-0.1, -0.05) is 29.8 Å². The Morgan fingerprint density at radius 1 is 1.27 bits per heavy atom. The molecule has 5 heteroatoms. The van der Waals surface area contributed by atoms with E-state index >= 15 is 0 Å². The fraction of sp³-hybridized carbons (Fsp3) is 0.667. The van der Waals surface area contributed by atoms with Gasteiger partial charge in [-0.3, -0.25) is 4.79 Å². The predicted octanol–water partition coefficient (Wildman–Crippen LogP) is 3.39. The second-order valence-corrected chi connectivity index (χ2v) is 8.22. The van der Waals surface area contributed by atoms with Crippen LogP contribution in [-0.2, 0) is 9.53 Å². The van der Waals surface area contributed by atoms with E-state index in [0.29, 0.717) is 11.3 Å². The molecule has 0 bridgehead atoms. The number of aryl methyl sites for hydroxylation is 1. The standard InChI is InChI=1S/C21H30N2O2.ClH/c1-15-4-6-16(7-5-15)19-17(3-2-12-25-19)14-23-20(24)18-13-21(18)8-10-22-11-9-21;/h4-7,17-19,22H,2-3,8-14H2,1H3,(H,23,24);1H. The van der Waals surface area contributed by atoms with E-state index in [1.807, 2.05) is 0 Å². The molecule has 3 unspecified atom stereocenters. The molecule has 1 aliphatic carbocycles. The summed E-state index contributed by atoms with van der Waals surface area (Å²) in [4.78, 5) is 12.6. The average molecular weight is 379 g/mol. The molecule has 4 nitrogen and oxygen atoms in total. The highest BCUT2D eigenvalue weighted by Crippen LogP contribution is 2.58. The van der Waals surface area contributed by atoms with E-state index in [1.165, 1.54) is 11.1 Å². The third-order valence-electron chi connectivity index (χ3n) is 6.49. The molecule has 3 fully saturated rings. The van der Waals surface area contributed by atoms with E-state index in [4.69, 9.17) is 4.74 Å². The van der Waals surface area contributed by atoms with Crippen LogP contribution in [0.3, 0.4) is 0 Å². The highest BCUT2D eigenvalue weighted by atomic mass is 35.5. The van der Waals surface area contributed by atoms with E-state index in [2.05, 4.69) is 41.8 Å². The fourth-order valence-electron chi connectivity index (χ4n) is 4.73. The van der Waals surface area contributed by atoms with Gasteiger partial charge in [0.1, 0.15) is 0 Å². The third-order valence-corrected chi connectivity index (χ3v) is 6.49. The molecular weight excluding hydrogens is 348 g/mol. The molecule has 0 radical (unpaired) electrons. The Balaban J connectivity index is 0.00000196. The number of amides is 1. The number of rotatable bonds is 4. The van der Waals surface area contributed by atoms with E-state index in [1.54, 1.807) is 0 Å². The SMILES string of the molecule is Cc1ccc(C2OCCCC2CNC(=O)C2CC23CCNCC3)cc1.Cl. The van der Waals surface area contributed by atoms with Crippen molar-refractivity contribution < 1.29 is 9.53 Å². The van der Waals surface area contributed by atoms with Gasteiger partial charge in [0.25, 0.3) is 0 Å². The number of ether oxygens (including phenoxy) is 1. The predicted molar refractivity (Wildman–Crippen MR) is 105 cm³/mol. The Bertz CT molecular complexity index is 613. The number of hydrogen-bond donors (Lipinski definition) is 2. The Labute approximate surface area is 162 Å².